The first-order chi connectivity index (χ1) is 14.7. The fraction of sp³-hybridized carbons (Fsp3) is 0.130. The molecular weight excluding hydrogens is 378 g/mol. The van der Waals surface area contributed by atoms with Gasteiger partial charge >= 0.3 is 0 Å². The Morgan fingerprint density at radius 1 is 1.00 bits per heavy atom. The van der Waals surface area contributed by atoms with Crippen LogP contribution in [0.3, 0.4) is 0 Å². The quantitative estimate of drug-likeness (QED) is 0.492. The van der Waals surface area contributed by atoms with Gasteiger partial charge in [0.15, 0.2) is 0 Å². The fourth-order valence-electron chi connectivity index (χ4n) is 3.13. The minimum absolute atomic E-state index is 0.251. The van der Waals surface area contributed by atoms with Crippen molar-refractivity contribution < 1.29 is 9.53 Å². The number of anilines is 2. The highest BCUT2D eigenvalue weighted by molar-refractivity contribution is 5.94. The van der Waals surface area contributed by atoms with Crippen LogP contribution in [0.5, 0.6) is 5.75 Å². The predicted molar refractivity (Wildman–Crippen MR) is 116 cm³/mol. The third-order valence-electron chi connectivity index (χ3n) is 4.63. The topological polar surface area (TPSA) is 89.0 Å². The highest BCUT2D eigenvalue weighted by Crippen LogP contribution is 2.23. The maximum atomic E-state index is 12.5. The Balaban J connectivity index is 1.41. The van der Waals surface area contributed by atoms with Crippen LogP contribution in [-0.4, -0.2) is 34.5 Å². The van der Waals surface area contributed by atoms with Gasteiger partial charge in [0.25, 0.3) is 5.91 Å². The Morgan fingerprint density at radius 2 is 1.87 bits per heavy atom. The Kier molecular flexibility index (Phi) is 5.80. The third-order valence-corrected chi connectivity index (χ3v) is 4.63. The smallest absolute Gasteiger partial charge is 0.270 e. The fourth-order valence-corrected chi connectivity index (χ4v) is 3.13. The second-order valence-corrected chi connectivity index (χ2v) is 6.65. The van der Waals surface area contributed by atoms with Gasteiger partial charge in [0, 0.05) is 24.2 Å². The summed E-state index contributed by atoms with van der Waals surface area (Å²) in [5, 5.41) is 7.15. The summed E-state index contributed by atoms with van der Waals surface area (Å²) in [6.07, 6.45) is 3.81. The monoisotopic (exact) mass is 399 g/mol. The molecule has 2 aromatic heterocycles. The molecule has 1 amide bonds. The van der Waals surface area contributed by atoms with Crippen LogP contribution in [-0.2, 0) is 6.42 Å². The van der Waals surface area contributed by atoms with Crippen molar-refractivity contribution in [3.8, 4) is 5.75 Å². The number of carbonyl (C=O) groups is 1. The SMILES string of the molecule is COc1cccc(CCNC(=O)c2cc(Nc3cccc4cccnc34)ncn2)c1. The number of fused-ring (bicyclic) bond motifs is 1. The molecule has 0 bridgehead atoms. The van der Waals surface area contributed by atoms with Gasteiger partial charge in [-0.1, -0.05) is 30.3 Å². The molecule has 0 aliphatic carbocycles. The standard InChI is InChI=1S/C23H21N5O2/c1-30-18-8-2-5-16(13-18)10-12-25-23(29)20-14-21(27-15-26-20)28-19-9-3-6-17-7-4-11-24-22(17)19/h2-9,11,13-15H,10,12H2,1H3,(H,25,29)(H,26,27,28). The number of methoxy groups -OCH3 is 1. The van der Waals surface area contributed by atoms with Gasteiger partial charge < -0.3 is 15.4 Å². The summed E-state index contributed by atoms with van der Waals surface area (Å²) in [4.78, 5) is 25.3. The van der Waals surface area contributed by atoms with Crippen LogP contribution in [0.2, 0.25) is 0 Å². The zero-order valence-electron chi connectivity index (χ0n) is 16.5. The first kappa shape index (κ1) is 19.3. The van der Waals surface area contributed by atoms with Crippen molar-refractivity contribution in [3.05, 3.63) is 84.4 Å². The minimum atomic E-state index is -0.251. The van der Waals surface area contributed by atoms with Gasteiger partial charge in [0.2, 0.25) is 0 Å². The van der Waals surface area contributed by atoms with Gasteiger partial charge in [-0.15, -0.1) is 0 Å². The van der Waals surface area contributed by atoms with E-state index in [0.717, 1.165) is 27.9 Å². The first-order valence-corrected chi connectivity index (χ1v) is 9.57. The van der Waals surface area contributed by atoms with E-state index in [2.05, 4.69) is 25.6 Å². The summed E-state index contributed by atoms with van der Waals surface area (Å²) in [6.45, 7) is 0.492. The summed E-state index contributed by atoms with van der Waals surface area (Å²) < 4.78 is 5.22. The number of rotatable bonds is 7. The van der Waals surface area contributed by atoms with Crippen molar-refractivity contribution >= 4 is 28.3 Å². The lowest BCUT2D eigenvalue weighted by atomic mass is 10.1. The van der Waals surface area contributed by atoms with E-state index < -0.39 is 0 Å². The molecule has 0 aliphatic rings. The average Bonchev–Trinajstić information content (AvgIpc) is 2.79. The van der Waals surface area contributed by atoms with Crippen molar-refractivity contribution in [1.82, 2.24) is 20.3 Å². The maximum Gasteiger partial charge on any atom is 0.270 e. The zero-order valence-corrected chi connectivity index (χ0v) is 16.5. The van der Waals surface area contributed by atoms with Crippen molar-refractivity contribution in [1.29, 1.82) is 0 Å². The Labute approximate surface area is 174 Å². The molecule has 2 heterocycles. The molecule has 0 saturated heterocycles. The van der Waals surface area contributed by atoms with E-state index in [1.807, 2.05) is 54.6 Å². The molecule has 150 valence electrons. The van der Waals surface area contributed by atoms with Crippen LogP contribution < -0.4 is 15.4 Å². The van der Waals surface area contributed by atoms with E-state index in [1.165, 1.54) is 6.33 Å². The van der Waals surface area contributed by atoms with Crippen molar-refractivity contribution in [3.63, 3.8) is 0 Å². The van der Waals surface area contributed by atoms with E-state index in [1.54, 1.807) is 19.4 Å². The van der Waals surface area contributed by atoms with E-state index >= 15 is 0 Å². The molecule has 4 aromatic rings. The van der Waals surface area contributed by atoms with Gasteiger partial charge in [-0.2, -0.15) is 0 Å². The molecule has 0 spiro atoms. The summed E-state index contributed by atoms with van der Waals surface area (Å²) >= 11 is 0. The molecule has 7 heteroatoms. The summed E-state index contributed by atoms with van der Waals surface area (Å²) in [6, 6.07) is 19.2. The zero-order chi connectivity index (χ0) is 20.8. The van der Waals surface area contributed by atoms with Crippen LogP contribution in [0, 0.1) is 0 Å². The largest absolute Gasteiger partial charge is 0.497 e. The molecule has 0 fully saturated rings. The second-order valence-electron chi connectivity index (χ2n) is 6.65. The highest BCUT2D eigenvalue weighted by atomic mass is 16.5. The normalized spacial score (nSPS) is 10.6. The number of carbonyl (C=O) groups excluding carboxylic acids is 1. The molecule has 0 atom stereocenters. The van der Waals surface area contributed by atoms with Crippen LogP contribution in [0.1, 0.15) is 16.1 Å². The van der Waals surface area contributed by atoms with Gasteiger partial charge in [-0.05, 0) is 36.2 Å². The third kappa shape index (κ3) is 4.52. The molecule has 0 unspecified atom stereocenters. The molecule has 0 radical (unpaired) electrons. The Hall–Kier alpha value is -4.00. The highest BCUT2D eigenvalue weighted by Gasteiger charge is 2.10. The van der Waals surface area contributed by atoms with Gasteiger partial charge in [0.05, 0.1) is 18.3 Å². The number of hydrogen-bond acceptors (Lipinski definition) is 6. The maximum absolute atomic E-state index is 12.5. The molecule has 4 rings (SSSR count). The number of hydrogen-bond donors (Lipinski definition) is 2. The molecular formula is C23H21N5O2. The lowest BCUT2D eigenvalue weighted by molar-refractivity contribution is 0.0949. The van der Waals surface area contributed by atoms with Crippen LogP contribution in [0.25, 0.3) is 10.9 Å². The van der Waals surface area contributed by atoms with Crippen LogP contribution in [0.4, 0.5) is 11.5 Å². The molecule has 2 aromatic carbocycles. The molecule has 0 saturated carbocycles. The number of para-hydroxylation sites is 1. The number of ether oxygens (including phenoxy) is 1. The second kappa shape index (κ2) is 9.00. The predicted octanol–water partition coefficient (Wildman–Crippen LogP) is 3.75. The number of amides is 1. The van der Waals surface area contributed by atoms with Gasteiger partial charge in [-0.25, -0.2) is 9.97 Å². The molecule has 2 N–H and O–H groups in total. The van der Waals surface area contributed by atoms with E-state index in [0.29, 0.717) is 24.5 Å². The van der Waals surface area contributed by atoms with Crippen LogP contribution >= 0.6 is 0 Å². The van der Waals surface area contributed by atoms with Crippen molar-refractivity contribution in [2.24, 2.45) is 0 Å². The van der Waals surface area contributed by atoms with E-state index in [4.69, 9.17) is 4.74 Å². The lowest BCUT2D eigenvalue weighted by Crippen LogP contribution is -2.26. The number of nitrogens with one attached hydrogen (secondary N) is 2. The lowest BCUT2D eigenvalue weighted by Gasteiger charge is -2.10. The molecule has 7 nitrogen and oxygen atoms in total. The van der Waals surface area contributed by atoms with Gasteiger partial charge in [0.1, 0.15) is 23.6 Å². The summed E-state index contributed by atoms with van der Waals surface area (Å²) in [7, 11) is 1.63. The molecule has 0 aliphatic heterocycles. The van der Waals surface area contributed by atoms with Crippen LogP contribution in [0.15, 0.2) is 73.2 Å². The van der Waals surface area contributed by atoms with Crippen molar-refractivity contribution in [2.45, 2.75) is 6.42 Å². The van der Waals surface area contributed by atoms with Crippen molar-refractivity contribution in [2.75, 3.05) is 19.0 Å². The Morgan fingerprint density at radius 3 is 2.77 bits per heavy atom. The number of aromatic nitrogens is 3. The minimum Gasteiger partial charge on any atom is -0.497 e. The van der Waals surface area contributed by atoms with E-state index in [9.17, 15) is 4.79 Å². The number of pyridine rings is 1. The number of benzene rings is 2. The summed E-state index contributed by atoms with van der Waals surface area (Å²) in [5.41, 5.74) is 3.04. The first-order valence-electron chi connectivity index (χ1n) is 9.57. The molecule has 30 heavy (non-hydrogen) atoms. The number of nitrogens with zero attached hydrogens (tertiary/aromatic N) is 3. The van der Waals surface area contributed by atoms with E-state index in [-0.39, 0.29) is 5.91 Å². The average molecular weight is 399 g/mol. The summed E-state index contributed by atoms with van der Waals surface area (Å²) in [5.74, 6) is 1.08. The van der Waals surface area contributed by atoms with Gasteiger partial charge in [-0.3, -0.25) is 9.78 Å². The Bertz CT molecular complexity index is 1170.